The Hall–Kier alpha value is -2.50. The zero-order valence-electron chi connectivity index (χ0n) is 14.1. The molecule has 2 aromatic rings. The molecule has 0 bridgehead atoms. The number of hydrogen-bond donors (Lipinski definition) is 1. The molecule has 3 rings (SSSR count). The molecule has 1 amide bonds. The minimum Gasteiger partial charge on any atom is -0.490 e. The topological polar surface area (TPSA) is 65.4 Å². The van der Waals surface area contributed by atoms with E-state index in [0.29, 0.717) is 19.8 Å². The smallest absolute Gasteiger partial charge is 0.227 e. The lowest BCUT2D eigenvalue weighted by Gasteiger charge is -2.12. The predicted octanol–water partition coefficient (Wildman–Crippen LogP) is 3.08. The number of rotatable bonds is 8. The van der Waals surface area contributed by atoms with Crippen molar-refractivity contribution < 1.29 is 14.3 Å². The second-order valence-electron chi connectivity index (χ2n) is 5.84. The monoisotopic (exact) mass is 329 g/mol. The third-order valence-corrected chi connectivity index (χ3v) is 3.80. The molecule has 1 fully saturated rings. The van der Waals surface area contributed by atoms with E-state index in [1.165, 1.54) is 0 Å². The molecule has 6 heteroatoms. The Bertz CT molecular complexity index is 707. The molecule has 1 saturated carbocycles. The fraction of sp³-hybridized carbons (Fsp3) is 0.444. The van der Waals surface area contributed by atoms with Gasteiger partial charge in [0.1, 0.15) is 0 Å². The normalized spacial score (nSPS) is 13.6. The maximum absolute atomic E-state index is 11.8. The first-order chi connectivity index (χ1) is 11.7. The molecule has 128 valence electrons. The van der Waals surface area contributed by atoms with Crippen molar-refractivity contribution in [2.24, 2.45) is 5.92 Å². The third kappa shape index (κ3) is 4.07. The Kier molecular flexibility index (Phi) is 5.03. The van der Waals surface area contributed by atoms with Gasteiger partial charge in [-0.1, -0.05) is 6.07 Å². The van der Waals surface area contributed by atoms with Gasteiger partial charge in [-0.05, 0) is 44.4 Å². The van der Waals surface area contributed by atoms with E-state index in [0.717, 1.165) is 35.6 Å². The largest absolute Gasteiger partial charge is 0.490 e. The van der Waals surface area contributed by atoms with Crippen LogP contribution in [0.4, 0.5) is 5.69 Å². The fourth-order valence-corrected chi connectivity index (χ4v) is 2.49. The van der Waals surface area contributed by atoms with Crippen molar-refractivity contribution >= 4 is 11.6 Å². The summed E-state index contributed by atoms with van der Waals surface area (Å²) < 4.78 is 13.0. The minimum absolute atomic E-state index is 0.0919. The van der Waals surface area contributed by atoms with E-state index in [1.807, 2.05) is 38.2 Å². The quantitative estimate of drug-likeness (QED) is 0.808. The number of benzene rings is 1. The minimum atomic E-state index is 0.0919. The summed E-state index contributed by atoms with van der Waals surface area (Å²) in [7, 11) is 0. The first-order valence-electron chi connectivity index (χ1n) is 8.41. The molecule has 0 atom stereocenters. The van der Waals surface area contributed by atoms with Gasteiger partial charge in [-0.15, -0.1) is 0 Å². The van der Waals surface area contributed by atoms with Gasteiger partial charge in [0.15, 0.2) is 11.5 Å². The molecule has 0 spiro atoms. The van der Waals surface area contributed by atoms with E-state index in [4.69, 9.17) is 9.47 Å². The van der Waals surface area contributed by atoms with Crippen LogP contribution >= 0.6 is 0 Å². The van der Waals surface area contributed by atoms with Crippen LogP contribution in [0, 0.1) is 5.92 Å². The Morgan fingerprint density at radius 3 is 2.71 bits per heavy atom. The maximum atomic E-state index is 11.8. The highest BCUT2D eigenvalue weighted by Crippen LogP contribution is 2.30. The summed E-state index contributed by atoms with van der Waals surface area (Å²) in [4.78, 5) is 11.8. The van der Waals surface area contributed by atoms with Crippen LogP contribution in [0.15, 0.2) is 30.6 Å². The summed E-state index contributed by atoms with van der Waals surface area (Å²) in [6.45, 7) is 5.69. The molecule has 1 aliphatic carbocycles. The molecule has 1 heterocycles. The molecule has 1 aliphatic rings. The van der Waals surface area contributed by atoms with Gasteiger partial charge in [0, 0.05) is 12.1 Å². The Balaban J connectivity index is 1.67. The highest BCUT2D eigenvalue weighted by Gasteiger charge is 2.29. The summed E-state index contributed by atoms with van der Waals surface area (Å²) in [5, 5.41) is 7.21. The van der Waals surface area contributed by atoms with Crippen molar-refractivity contribution in [2.75, 3.05) is 18.5 Å². The second-order valence-corrected chi connectivity index (χ2v) is 5.84. The van der Waals surface area contributed by atoms with E-state index in [1.54, 1.807) is 10.9 Å². The van der Waals surface area contributed by atoms with Crippen LogP contribution in [0.5, 0.6) is 11.5 Å². The number of aromatic nitrogens is 2. The van der Waals surface area contributed by atoms with Crippen LogP contribution in [0.25, 0.3) is 0 Å². The van der Waals surface area contributed by atoms with Crippen molar-refractivity contribution in [3.63, 3.8) is 0 Å². The first-order valence-corrected chi connectivity index (χ1v) is 8.41. The molecule has 0 aliphatic heterocycles. The fourth-order valence-electron chi connectivity index (χ4n) is 2.49. The molecule has 0 radical (unpaired) electrons. The van der Waals surface area contributed by atoms with Gasteiger partial charge in [-0.3, -0.25) is 9.48 Å². The zero-order chi connectivity index (χ0) is 16.9. The molecule has 6 nitrogen and oxygen atoms in total. The molecule has 1 aromatic carbocycles. The first kappa shape index (κ1) is 16.4. The van der Waals surface area contributed by atoms with Crippen LogP contribution in [0.2, 0.25) is 0 Å². The van der Waals surface area contributed by atoms with Crippen LogP contribution in [-0.2, 0) is 11.3 Å². The standard InChI is InChI=1S/C18H23N3O3/c1-3-23-16-8-5-13(9-17(16)24-4-2)11-21-12-15(10-19-21)20-18(22)14-6-7-14/h5,8-10,12,14H,3-4,6-7,11H2,1-2H3,(H,20,22). The highest BCUT2D eigenvalue weighted by molar-refractivity contribution is 5.93. The summed E-state index contributed by atoms with van der Waals surface area (Å²) >= 11 is 0. The molecular formula is C18H23N3O3. The summed E-state index contributed by atoms with van der Waals surface area (Å²) in [5.74, 6) is 1.77. The molecule has 1 N–H and O–H groups in total. The van der Waals surface area contributed by atoms with Gasteiger partial charge in [0.05, 0.1) is 31.6 Å². The molecule has 1 aromatic heterocycles. The lowest BCUT2D eigenvalue weighted by molar-refractivity contribution is -0.117. The number of hydrogen-bond acceptors (Lipinski definition) is 4. The number of anilines is 1. The van der Waals surface area contributed by atoms with Crippen LogP contribution in [0.3, 0.4) is 0 Å². The molecule has 0 unspecified atom stereocenters. The van der Waals surface area contributed by atoms with Gasteiger partial charge in [0.2, 0.25) is 5.91 Å². The van der Waals surface area contributed by atoms with Gasteiger partial charge in [0.25, 0.3) is 0 Å². The van der Waals surface area contributed by atoms with Crippen LogP contribution < -0.4 is 14.8 Å². The summed E-state index contributed by atoms with van der Waals surface area (Å²) in [6, 6.07) is 5.89. The molecule has 24 heavy (non-hydrogen) atoms. The SMILES string of the molecule is CCOc1ccc(Cn2cc(NC(=O)C3CC3)cn2)cc1OCC. The number of carbonyl (C=O) groups is 1. The Labute approximate surface area is 141 Å². The average molecular weight is 329 g/mol. The number of carbonyl (C=O) groups excluding carboxylic acids is 1. The number of ether oxygens (including phenoxy) is 2. The summed E-state index contributed by atoms with van der Waals surface area (Å²) in [6.07, 6.45) is 5.51. The predicted molar refractivity (Wildman–Crippen MR) is 91.5 cm³/mol. The third-order valence-electron chi connectivity index (χ3n) is 3.80. The van der Waals surface area contributed by atoms with E-state index in [9.17, 15) is 4.79 Å². The number of nitrogens with one attached hydrogen (secondary N) is 1. The zero-order valence-corrected chi connectivity index (χ0v) is 14.1. The van der Waals surface area contributed by atoms with Crippen molar-refractivity contribution in [2.45, 2.75) is 33.2 Å². The van der Waals surface area contributed by atoms with E-state index >= 15 is 0 Å². The van der Waals surface area contributed by atoms with Crippen LogP contribution in [0.1, 0.15) is 32.3 Å². The number of amides is 1. The molecular weight excluding hydrogens is 306 g/mol. The van der Waals surface area contributed by atoms with Crippen molar-refractivity contribution in [1.29, 1.82) is 0 Å². The maximum Gasteiger partial charge on any atom is 0.227 e. The van der Waals surface area contributed by atoms with E-state index in [-0.39, 0.29) is 11.8 Å². The average Bonchev–Trinajstić information content (AvgIpc) is 3.33. The van der Waals surface area contributed by atoms with Crippen molar-refractivity contribution in [3.8, 4) is 11.5 Å². The Morgan fingerprint density at radius 2 is 2.00 bits per heavy atom. The Morgan fingerprint density at radius 1 is 1.25 bits per heavy atom. The second kappa shape index (κ2) is 7.38. The van der Waals surface area contributed by atoms with Gasteiger partial charge < -0.3 is 14.8 Å². The van der Waals surface area contributed by atoms with Gasteiger partial charge in [-0.25, -0.2) is 0 Å². The molecule has 0 saturated heterocycles. The summed E-state index contributed by atoms with van der Waals surface area (Å²) in [5.41, 5.74) is 1.80. The lowest BCUT2D eigenvalue weighted by Crippen LogP contribution is -2.12. The van der Waals surface area contributed by atoms with Gasteiger partial charge >= 0.3 is 0 Å². The van der Waals surface area contributed by atoms with E-state index in [2.05, 4.69) is 10.4 Å². The van der Waals surface area contributed by atoms with Crippen LogP contribution in [-0.4, -0.2) is 28.9 Å². The number of nitrogens with zero attached hydrogens (tertiary/aromatic N) is 2. The van der Waals surface area contributed by atoms with Crippen molar-refractivity contribution in [3.05, 3.63) is 36.2 Å². The van der Waals surface area contributed by atoms with Crippen molar-refractivity contribution in [1.82, 2.24) is 9.78 Å². The highest BCUT2D eigenvalue weighted by atomic mass is 16.5. The lowest BCUT2D eigenvalue weighted by atomic mass is 10.2. The van der Waals surface area contributed by atoms with Gasteiger partial charge in [-0.2, -0.15) is 5.10 Å². The van der Waals surface area contributed by atoms with E-state index < -0.39 is 0 Å².